The Labute approximate surface area is 137 Å². The fourth-order valence-corrected chi connectivity index (χ4v) is 4.71. The Bertz CT molecular complexity index is 914. The van der Waals surface area contributed by atoms with Crippen LogP contribution in [0.4, 0.5) is 0 Å². The van der Waals surface area contributed by atoms with Gasteiger partial charge in [0.2, 0.25) is 0 Å². The van der Waals surface area contributed by atoms with E-state index in [-0.39, 0.29) is 18.0 Å². The predicted octanol–water partition coefficient (Wildman–Crippen LogP) is 3.00. The zero-order chi connectivity index (χ0) is 15.6. The second-order valence-corrected chi connectivity index (χ2v) is 7.30. The first-order valence-electron chi connectivity index (χ1n) is 7.92. The number of hydrogen-bond donors (Lipinski definition) is 0. The molecule has 1 saturated heterocycles. The van der Waals surface area contributed by atoms with Crippen LogP contribution >= 0.6 is 11.3 Å². The average molecular weight is 324 g/mol. The summed E-state index contributed by atoms with van der Waals surface area (Å²) in [5.41, 5.74) is 4.28. The Kier molecular flexibility index (Phi) is 2.68. The summed E-state index contributed by atoms with van der Waals surface area (Å²) in [4.78, 5) is 20.4. The van der Waals surface area contributed by atoms with Crippen LogP contribution in [0.25, 0.3) is 5.65 Å². The lowest BCUT2D eigenvalue weighted by Gasteiger charge is -2.35. The van der Waals surface area contributed by atoms with Crippen molar-refractivity contribution in [2.45, 2.75) is 38.3 Å². The van der Waals surface area contributed by atoms with E-state index in [1.807, 2.05) is 41.2 Å². The number of thiophene rings is 1. The van der Waals surface area contributed by atoms with Gasteiger partial charge < -0.3 is 4.90 Å². The topological polar surface area (TPSA) is 50.5 Å². The van der Waals surface area contributed by atoms with E-state index < -0.39 is 0 Å². The van der Waals surface area contributed by atoms with E-state index >= 15 is 0 Å². The van der Waals surface area contributed by atoms with E-state index in [2.05, 4.69) is 15.0 Å². The van der Waals surface area contributed by atoms with Gasteiger partial charge in [0.25, 0.3) is 5.91 Å². The molecule has 5 rings (SSSR count). The molecule has 2 aliphatic heterocycles. The quantitative estimate of drug-likeness (QED) is 0.691. The van der Waals surface area contributed by atoms with E-state index in [1.165, 1.54) is 22.6 Å². The third-order valence-corrected chi connectivity index (χ3v) is 5.85. The van der Waals surface area contributed by atoms with Crippen molar-refractivity contribution in [2.24, 2.45) is 0 Å². The Balaban J connectivity index is 1.63. The van der Waals surface area contributed by atoms with Crippen molar-refractivity contribution < 1.29 is 4.79 Å². The zero-order valence-electron chi connectivity index (χ0n) is 12.8. The van der Waals surface area contributed by atoms with E-state index in [4.69, 9.17) is 0 Å². The number of hydrogen-bond acceptors (Lipinski definition) is 4. The Hall–Kier alpha value is -2.21. The van der Waals surface area contributed by atoms with Gasteiger partial charge in [0, 0.05) is 30.3 Å². The van der Waals surface area contributed by atoms with Gasteiger partial charge in [-0.2, -0.15) is 5.10 Å². The van der Waals surface area contributed by atoms with Crippen LogP contribution in [0.3, 0.4) is 0 Å². The smallest absolute Gasteiger partial charge is 0.264 e. The van der Waals surface area contributed by atoms with Crippen molar-refractivity contribution in [3.05, 3.63) is 51.6 Å². The largest absolute Gasteiger partial charge is 0.327 e. The van der Waals surface area contributed by atoms with Crippen LogP contribution in [0.1, 0.15) is 45.5 Å². The number of nitrogens with zero attached hydrogens (tertiary/aromatic N) is 4. The molecule has 3 aromatic rings. The molecule has 0 spiro atoms. The monoisotopic (exact) mass is 324 g/mol. The van der Waals surface area contributed by atoms with Crippen molar-refractivity contribution in [2.75, 3.05) is 0 Å². The third-order valence-electron chi connectivity index (χ3n) is 4.99. The molecule has 5 nitrogen and oxygen atoms in total. The van der Waals surface area contributed by atoms with Crippen molar-refractivity contribution in [3.8, 4) is 0 Å². The highest BCUT2D eigenvalue weighted by Gasteiger charge is 2.44. The van der Waals surface area contributed by atoms with E-state index in [1.54, 1.807) is 0 Å². The summed E-state index contributed by atoms with van der Waals surface area (Å²) in [7, 11) is 0. The van der Waals surface area contributed by atoms with Gasteiger partial charge in [-0.3, -0.25) is 4.79 Å². The average Bonchev–Trinajstić information content (AvgIpc) is 3.25. The number of fused-ring (bicyclic) bond motifs is 6. The second-order valence-electron chi connectivity index (χ2n) is 6.36. The molecule has 2 aliphatic rings. The van der Waals surface area contributed by atoms with Crippen LogP contribution in [0.5, 0.6) is 0 Å². The molecule has 0 aromatic carbocycles. The van der Waals surface area contributed by atoms with Crippen molar-refractivity contribution in [1.29, 1.82) is 0 Å². The van der Waals surface area contributed by atoms with Crippen molar-refractivity contribution in [1.82, 2.24) is 19.5 Å². The molecule has 2 bridgehead atoms. The highest BCUT2D eigenvalue weighted by Crippen LogP contribution is 2.44. The second kappa shape index (κ2) is 4.64. The number of carbonyl (C=O) groups excluding carboxylic acids is 1. The first-order valence-corrected chi connectivity index (χ1v) is 8.80. The maximum Gasteiger partial charge on any atom is 0.264 e. The fourth-order valence-electron chi connectivity index (χ4n) is 4.04. The van der Waals surface area contributed by atoms with Gasteiger partial charge in [0.15, 0.2) is 5.65 Å². The fraction of sp³-hybridized carbons (Fsp3) is 0.353. The summed E-state index contributed by atoms with van der Waals surface area (Å²) in [5, 5.41) is 6.56. The minimum atomic E-state index is 0.139. The lowest BCUT2D eigenvalue weighted by molar-refractivity contribution is 0.0648. The van der Waals surface area contributed by atoms with Gasteiger partial charge in [-0.1, -0.05) is 6.07 Å². The van der Waals surface area contributed by atoms with Crippen LogP contribution in [0.15, 0.2) is 29.8 Å². The first kappa shape index (κ1) is 13.2. The molecule has 3 aromatic heterocycles. The van der Waals surface area contributed by atoms with Gasteiger partial charge >= 0.3 is 0 Å². The van der Waals surface area contributed by atoms with Gasteiger partial charge in [0.05, 0.1) is 22.3 Å². The number of aromatic nitrogens is 3. The highest BCUT2D eigenvalue weighted by atomic mass is 32.1. The molecule has 0 radical (unpaired) electrons. The molecule has 23 heavy (non-hydrogen) atoms. The van der Waals surface area contributed by atoms with Gasteiger partial charge in [-0.15, -0.1) is 11.3 Å². The number of carbonyl (C=O) groups is 1. The van der Waals surface area contributed by atoms with Gasteiger partial charge in [-0.05, 0) is 31.2 Å². The van der Waals surface area contributed by atoms with Gasteiger partial charge in [-0.25, -0.2) is 9.50 Å². The molecule has 1 amide bonds. The minimum Gasteiger partial charge on any atom is -0.327 e. The third kappa shape index (κ3) is 1.81. The summed E-state index contributed by atoms with van der Waals surface area (Å²) < 4.78 is 1.98. The molecule has 0 unspecified atom stereocenters. The molecule has 5 heterocycles. The van der Waals surface area contributed by atoms with Crippen LogP contribution in [0.2, 0.25) is 0 Å². The molecule has 0 aliphatic carbocycles. The maximum absolute atomic E-state index is 12.9. The van der Waals surface area contributed by atoms with Crippen LogP contribution in [0, 0.1) is 6.92 Å². The molecule has 6 heteroatoms. The Morgan fingerprint density at radius 1 is 1.39 bits per heavy atom. The maximum atomic E-state index is 12.9. The molecular weight excluding hydrogens is 308 g/mol. The SMILES string of the molecule is Cc1cc2ncc3c(n2n1)C[C@@H]1CC[C@@H]3N1C(=O)c1cccs1. The van der Waals surface area contributed by atoms with Crippen LogP contribution in [-0.4, -0.2) is 31.4 Å². The summed E-state index contributed by atoms with van der Waals surface area (Å²) in [6.07, 6.45) is 4.89. The minimum absolute atomic E-state index is 0.139. The first-order chi connectivity index (χ1) is 11.2. The van der Waals surface area contributed by atoms with E-state index in [9.17, 15) is 4.79 Å². The standard InChI is InChI=1S/C17H16N4OS/c1-10-7-16-18-9-12-13-5-4-11(8-14(12)21(16)19-10)20(13)17(22)15-3-2-6-23-15/h2-3,6-7,9,11,13H,4-5,8H2,1H3/t11-,13-/m0/s1. The van der Waals surface area contributed by atoms with Crippen molar-refractivity contribution >= 4 is 22.9 Å². The number of amides is 1. The summed E-state index contributed by atoms with van der Waals surface area (Å²) in [6, 6.07) is 6.28. The molecule has 1 fully saturated rings. The number of aryl methyl sites for hydroxylation is 1. The molecule has 116 valence electrons. The molecule has 2 atom stereocenters. The number of rotatable bonds is 1. The predicted molar refractivity (Wildman–Crippen MR) is 87.7 cm³/mol. The van der Waals surface area contributed by atoms with Crippen LogP contribution < -0.4 is 0 Å². The van der Waals surface area contributed by atoms with Crippen molar-refractivity contribution in [3.63, 3.8) is 0 Å². The Morgan fingerprint density at radius 2 is 2.30 bits per heavy atom. The highest BCUT2D eigenvalue weighted by molar-refractivity contribution is 7.12. The lowest BCUT2D eigenvalue weighted by atomic mass is 9.99. The van der Waals surface area contributed by atoms with E-state index in [0.29, 0.717) is 0 Å². The molecule has 0 N–H and O–H groups in total. The molecule has 0 saturated carbocycles. The molecular formula is C17H16N4OS. The Morgan fingerprint density at radius 3 is 3.13 bits per heavy atom. The normalized spacial score (nSPS) is 22.6. The van der Waals surface area contributed by atoms with Gasteiger partial charge in [0.1, 0.15) is 0 Å². The van der Waals surface area contributed by atoms with E-state index in [0.717, 1.165) is 35.5 Å². The summed E-state index contributed by atoms with van der Waals surface area (Å²) in [6.45, 7) is 1.99. The summed E-state index contributed by atoms with van der Waals surface area (Å²) >= 11 is 1.52. The van der Waals surface area contributed by atoms with Crippen LogP contribution in [-0.2, 0) is 6.42 Å². The lowest BCUT2D eigenvalue weighted by Crippen LogP contribution is -2.42. The zero-order valence-corrected chi connectivity index (χ0v) is 13.6. The summed E-state index contributed by atoms with van der Waals surface area (Å²) in [5.74, 6) is 0.162.